The molecule has 2 heteroatoms. The average Bonchev–Trinajstić information content (AvgIpc) is 3.73. The van der Waals surface area contributed by atoms with Gasteiger partial charge in [-0.25, -0.2) is 4.99 Å². The molecule has 12 rings (SSSR count). The fourth-order valence-corrected chi connectivity index (χ4v) is 12.4. The van der Waals surface area contributed by atoms with Crippen LogP contribution in [0.1, 0.15) is 128 Å². The van der Waals surface area contributed by atoms with Gasteiger partial charge in [0.25, 0.3) is 0 Å². The van der Waals surface area contributed by atoms with Gasteiger partial charge in [0.05, 0.1) is 6.04 Å². The molecule has 0 aromatic heterocycles. The van der Waals surface area contributed by atoms with Crippen molar-refractivity contribution < 1.29 is 0 Å². The van der Waals surface area contributed by atoms with Crippen molar-refractivity contribution in [2.75, 3.05) is 0 Å². The first-order valence-corrected chi connectivity index (χ1v) is 22.9. The molecule has 0 amide bonds. The molecule has 6 aromatic rings. The third-order valence-corrected chi connectivity index (χ3v) is 15.4. The molecule has 5 aliphatic carbocycles. The van der Waals surface area contributed by atoms with E-state index in [-0.39, 0.29) is 16.9 Å². The summed E-state index contributed by atoms with van der Waals surface area (Å²) in [6.07, 6.45) is 20.7. The molecular weight excluding hydrogens is 725 g/mol. The summed E-state index contributed by atoms with van der Waals surface area (Å²) in [7, 11) is 0. The number of amidine groups is 1. The molecule has 294 valence electrons. The molecule has 0 bridgehead atoms. The molecule has 1 unspecified atom stereocenters. The lowest BCUT2D eigenvalue weighted by molar-refractivity contribution is 0.344. The van der Waals surface area contributed by atoms with Crippen molar-refractivity contribution in [3.8, 4) is 33.4 Å². The minimum absolute atomic E-state index is 0.0223. The zero-order valence-electron chi connectivity index (χ0n) is 34.6. The highest BCUT2D eigenvalue weighted by molar-refractivity contribution is 6.14. The molecule has 6 aliphatic rings. The van der Waals surface area contributed by atoms with Crippen LogP contribution in [0.15, 0.2) is 167 Å². The maximum atomic E-state index is 5.28. The van der Waals surface area contributed by atoms with Crippen LogP contribution in [0, 0.1) is 0 Å². The summed E-state index contributed by atoms with van der Waals surface area (Å²) in [6, 6.07) is 52.6. The molecule has 1 atom stereocenters. The Labute approximate surface area is 355 Å². The Balaban J connectivity index is 0.897. The Morgan fingerprint density at radius 1 is 0.417 bits per heavy atom. The van der Waals surface area contributed by atoms with Crippen LogP contribution in [0.25, 0.3) is 39.0 Å². The predicted octanol–water partition coefficient (Wildman–Crippen LogP) is 15.0. The summed E-state index contributed by atoms with van der Waals surface area (Å²) in [5.74, 6) is 0.835. The van der Waals surface area contributed by atoms with Gasteiger partial charge in [0.15, 0.2) is 5.84 Å². The standard InChI is InChI=1S/C58H52N2/c1-5-15-39(16-6-1)40-21-25-42(26-22-40)54-38-55(60-56(59-54)44-17-7-2-8-18-44)43-27-23-41(24-28-43)45-29-30-51-47(35-45)49-36-48-46-19-9-10-20-50(46)57(31-11-3-12-32-57)52(48)37-53(49)58(51)33-13-4-14-34-58/h1-2,5-10,15-23,25-27,29-30,35-37,54H,3-4,11-14,24,28,31-34,38H2. The molecular formula is C58H52N2. The van der Waals surface area contributed by atoms with Crippen LogP contribution in [0.3, 0.4) is 0 Å². The maximum absolute atomic E-state index is 5.28. The first kappa shape index (κ1) is 36.0. The fourth-order valence-electron chi connectivity index (χ4n) is 12.4. The highest BCUT2D eigenvalue weighted by atomic mass is 15.0. The van der Waals surface area contributed by atoms with Crippen molar-refractivity contribution in [1.82, 2.24) is 0 Å². The first-order chi connectivity index (χ1) is 29.7. The summed E-state index contributed by atoms with van der Waals surface area (Å²) in [5, 5.41) is 0. The van der Waals surface area contributed by atoms with Crippen molar-refractivity contribution in [2.45, 2.75) is 100 Å². The number of aliphatic imine (C=N–C) groups is 2. The zero-order chi connectivity index (χ0) is 39.7. The van der Waals surface area contributed by atoms with Crippen molar-refractivity contribution in [3.63, 3.8) is 0 Å². The Kier molecular flexibility index (Phi) is 8.65. The van der Waals surface area contributed by atoms with E-state index in [2.05, 4.69) is 152 Å². The summed E-state index contributed by atoms with van der Waals surface area (Å²) in [5.41, 5.74) is 22.9. The molecule has 0 N–H and O–H groups in total. The largest absolute Gasteiger partial charge is 0.258 e. The second kappa shape index (κ2) is 14.4. The van der Waals surface area contributed by atoms with E-state index in [1.165, 1.54) is 126 Å². The van der Waals surface area contributed by atoms with Gasteiger partial charge in [0, 0.05) is 28.5 Å². The van der Waals surface area contributed by atoms with Crippen molar-refractivity contribution in [1.29, 1.82) is 0 Å². The smallest absolute Gasteiger partial charge is 0.155 e. The van der Waals surface area contributed by atoms with E-state index in [0.717, 1.165) is 30.7 Å². The lowest BCUT2D eigenvalue weighted by atomic mass is 9.65. The summed E-state index contributed by atoms with van der Waals surface area (Å²) >= 11 is 0. The van der Waals surface area contributed by atoms with Crippen LogP contribution in [0.5, 0.6) is 0 Å². The van der Waals surface area contributed by atoms with Crippen LogP contribution in [-0.2, 0) is 10.8 Å². The molecule has 2 nitrogen and oxygen atoms in total. The van der Waals surface area contributed by atoms with Gasteiger partial charge in [-0.3, -0.25) is 4.99 Å². The van der Waals surface area contributed by atoms with Gasteiger partial charge in [-0.05, 0) is 129 Å². The third kappa shape index (κ3) is 5.74. The molecule has 1 aliphatic heterocycles. The Hall–Kier alpha value is -5.86. The second-order valence-corrected chi connectivity index (χ2v) is 18.5. The normalized spacial score (nSPS) is 20.6. The fraction of sp³-hybridized carbons (Fsp3) is 0.276. The number of fused-ring (bicyclic) bond motifs is 10. The topological polar surface area (TPSA) is 24.7 Å². The van der Waals surface area contributed by atoms with E-state index < -0.39 is 0 Å². The minimum atomic E-state index is 0.0223. The number of rotatable bonds is 5. The Morgan fingerprint density at radius 3 is 1.65 bits per heavy atom. The molecule has 2 fully saturated rings. The van der Waals surface area contributed by atoms with Gasteiger partial charge >= 0.3 is 0 Å². The summed E-state index contributed by atoms with van der Waals surface area (Å²) in [4.78, 5) is 10.5. The lowest BCUT2D eigenvalue weighted by Gasteiger charge is -2.38. The highest BCUT2D eigenvalue weighted by Gasteiger charge is 2.49. The SMILES string of the molecule is C1=C(C2=NC(c3ccccc3)=NC(c3ccc(-c4ccccc4)cc3)C2)CCC(c2ccc3c(c2)-c2cc4c(cc2C32CCCCC2)C2(CCCCC2)c2ccccc2-4)=C1. The first-order valence-electron chi connectivity index (χ1n) is 22.9. The van der Waals surface area contributed by atoms with Crippen LogP contribution in [-0.4, -0.2) is 11.5 Å². The molecule has 60 heavy (non-hydrogen) atoms. The monoisotopic (exact) mass is 776 g/mol. The third-order valence-electron chi connectivity index (χ3n) is 15.4. The summed E-state index contributed by atoms with van der Waals surface area (Å²) in [6.45, 7) is 0. The molecule has 6 aromatic carbocycles. The van der Waals surface area contributed by atoms with Gasteiger partial charge in [0.1, 0.15) is 0 Å². The molecule has 2 spiro atoms. The van der Waals surface area contributed by atoms with Gasteiger partial charge in [-0.15, -0.1) is 0 Å². The van der Waals surface area contributed by atoms with Crippen molar-refractivity contribution >= 4 is 17.1 Å². The molecule has 0 radical (unpaired) electrons. The summed E-state index contributed by atoms with van der Waals surface area (Å²) < 4.78 is 0. The van der Waals surface area contributed by atoms with Gasteiger partial charge in [-0.1, -0.05) is 178 Å². The van der Waals surface area contributed by atoms with E-state index in [9.17, 15) is 0 Å². The number of benzene rings is 6. The number of hydrogen-bond acceptors (Lipinski definition) is 2. The van der Waals surface area contributed by atoms with E-state index >= 15 is 0 Å². The predicted molar refractivity (Wildman–Crippen MR) is 250 cm³/mol. The lowest BCUT2D eigenvalue weighted by Crippen LogP contribution is -2.30. The molecule has 0 saturated heterocycles. The van der Waals surface area contributed by atoms with Crippen LogP contribution < -0.4 is 0 Å². The molecule has 1 heterocycles. The highest BCUT2D eigenvalue weighted by Crippen LogP contribution is 2.62. The minimum Gasteiger partial charge on any atom is -0.258 e. The number of allylic oxidation sites excluding steroid dienone is 4. The van der Waals surface area contributed by atoms with Crippen molar-refractivity contribution in [3.05, 3.63) is 196 Å². The average molecular weight is 777 g/mol. The van der Waals surface area contributed by atoms with E-state index in [0.29, 0.717) is 0 Å². The van der Waals surface area contributed by atoms with Crippen LogP contribution >= 0.6 is 0 Å². The maximum Gasteiger partial charge on any atom is 0.155 e. The zero-order valence-corrected chi connectivity index (χ0v) is 34.6. The number of nitrogens with zero attached hydrogens (tertiary/aromatic N) is 2. The second-order valence-electron chi connectivity index (χ2n) is 18.5. The van der Waals surface area contributed by atoms with E-state index in [1.54, 1.807) is 22.3 Å². The van der Waals surface area contributed by atoms with Gasteiger partial charge in [0.2, 0.25) is 0 Å². The molecule has 2 saturated carbocycles. The Bertz CT molecular complexity index is 2770. The van der Waals surface area contributed by atoms with E-state index in [1.807, 2.05) is 0 Å². The number of hydrogen-bond donors (Lipinski definition) is 0. The Morgan fingerprint density at radius 2 is 0.967 bits per heavy atom. The van der Waals surface area contributed by atoms with Gasteiger partial charge in [-0.2, -0.15) is 0 Å². The van der Waals surface area contributed by atoms with Crippen molar-refractivity contribution in [2.24, 2.45) is 9.98 Å². The quantitative estimate of drug-likeness (QED) is 0.167. The van der Waals surface area contributed by atoms with Crippen LogP contribution in [0.4, 0.5) is 0 Å². The van der Waals surface area contributed by atoms with Crippen LogP contribution in [0.2, 0.25) is 0 Å². The van der Waals surface area contributed by atoms with E-state index in [4.69, 9.17) is 9.98 Å². The van der Waals surface area contributed by atoms with Gasteiger partial charge < -0.3 is 0 Å².